The molecule has 0 aliphatic carbocycles. The molecule has 0 bridgehead atoms. The van der Waals surface area contributed by atoms with Crippen molar-refractivity contribution in [1.29, 1.82) is 0 Å². The number of amides is 1. The predicted molar refractivity (Wildman–Crippen MR) is 79.0 cm³/mol. The maximum absolute atomic E-state index is 12.0. The minimum Gasteiger partial charge on any atom is -0.445 e. The number of carbonyl (C=O) groups excluding carboxylic acids is 2. The third kappa shape index (κ3) is 6.56. The van der Waals surface area contributed by atoms with Crippen LogP contribution in [-0.2, 0) is 21.0 Å². The van der Waals surface area contributed by atoms with Gasteiger partial charge < -0.3 is 9.57 Å². The molecular formula is C15H20N2O4. The molecule has 0 heterocycles. The van der Waals surface area contributed by atoms with Crippen LogP contribution in [0.5, 0.6) is 0 Å². The van der Waals surface area contributed by atoms with Gasteiger partial charge in [0.2, 0.25) is 0 Å². The van der Waals surface area contributed by atoms with Crippen molar-refractivity contribution in [3.05, 3.63) is 35.9 Å². The molecule has 0 spiro atoms. The van der Waals surface area contributed by atoms with E-state index in [0.717, 1.165) is 5.56 Å². The van der Waals surface area contributed by atoms with Crippen LogP contribution in [0.2, 0.25) is 0 Å². The molecule has 0 atom stereocenters. The summed E-state index contributed by atoms with van der Waals surface area (Å²) in [6.07, 6.45) is -0.556. The fourth-order valence-electron chi connectivity index (χ4n) is 1.73. The van der Waals surface area contributed by atoms with Gasteiger partial charge in [-0.15, -0.1) is 0 Å². The Bertz CT molecular complexity index is 500. The average molecular weight is 292 g/mol. The smallest absolute Gasteiger partial charge is 0.410 e. The molecule has 0 fully saturated rings. The topological polar surface area (TPSA) is 68.2 Å². The fourth-order valence-corrected chi connectivity index (χ4v) is 1.73. The first-order valence-corrected chi connectivity index (χ1v) is 6.54. The van der Waals surface area contributed by atoms with Crippen molar-refractivity contribution >= 4 is 17.6 Å². The second-order valence-electron chi connectivity index (χ2n) is 4.61. The molecule has 0 aliphatic rings. The van der Waals surface area contributed by atoms with E-state index in [1.54, 1.807) is 6.92 Å². The number of benzene rings is 1. The molecule has 1 amide bonds. The van der Waals surface area contributed by atoms with Gasteiger partial charge in [0.05, 0.1) is 18.8 Å². The lowest BCUT2D eigenvalue weighted by Crippen LogP contribution is -2.38. The molecule has 1 rings (SSSR count). The number of ketones is 1. The molecule has 21 heavy (non-hydrogen) atoms. The van der Waals surface area contributed by atoms with Crippen LogP contribution >= 0.6 is 0 Å². The molecule has 1 aromatic carbocycles. The van der Waals surface area contributed by atoms with Gasteiger partial charge in [0.1, 0.15) is 19.5 Å². The molecule has 6 nitrogen and oxygen atoms in total. The van der Waals surface area contributed by atoms with E-state index in [0.29, 0.717) is 5.71 Å². The third-order valence-corrected chi connectivity index (χ3v) is 2.54. The maximum Gasteiger partial charge on any atom is 0.410 e. The molecule has 0 saturated carbocycles. The normalized spacial score (nSPS) is 10.9. The lowest BCUT2D eigenvalue weighted by atomic mass is 10.2. The number of ether oxygens (including phenoxy) is 1. The summed E-state index contributed by atoms with van der Waals surface area (Å²) in [5.41, 5.74) is 1.46. The standard InChI is InChI=1S/C15H20N2O4/c1-12(16-20-3)9-17(10-13(2)18)15(19)21-11-14-7-5-4-6-8-14/h4-8H,9-11H2,1-3H3/b16-12+. The predicted octanol–water partition coefficient (Wildman–Crippen LogP) is 2.24. The van der Waals surface area contributed by atoms with Crippen molar-refractivity contribution in [2.75, 3.05) is 20.2 Å². The van der Waals surface area contributed by atoms with E-state index in [2.05, 4.69) is 9.99 Å². The van der Waals surface area contributed by atoms with Crippen LogP contribution < -0.4 is 0 Å². The summed E-state index contributed by atoms with van der Waals surface area (Å²) >= 11 is 0. The van der Waals surface area contributed by atoms with E-state index in [4.69, 9.17) is 4.74 Å². The van der Waals surface area contributed by atoms with E-state index < -0.39 is 6.09 Å². The second-order valence-corrected chi connectivity index (χ2v) is 4.61. The summed E-state index contributed by atoms with van der Waals surface area (Å²) in [5.74, 6) is -0.128. The van der Waals surface area contributed by atoms with Crippen molar-refractivity contribution in [2.24, 2.45) is 5.16 Å². The maximum atomic E-state index is 12.0. The van der Waals surface area contributed by atoms with E-state index in [-0.39, 0.29) is 25.5 Å². The van der Waals surface area contributed by atoms with Crippen LogP contribution in [-0.4, -0.2) is 42.7 Å². The zero-order valence-electron chi connectivity index (χ0n) is 12.5. The molecular weight excluding hydrogens is 272 g/mol. The number of oxime groups is 1. The first-order valence-electron chi connectivity index (χ1n) is 6.54. The summed E-state index contributed by atoms with van der Waals surface area (Å²) in [4.78, 5) is 29.2. The Balaban J connectivity index is 2.62. The SMILES string of the molecule is CO/N=C(\C)CN(CC(C)=O)C(=O)OCc1ccccc1. The first kappa shape index (κ1) is 16.7. The summed E-state index contributed by atoms with van der Waals surface area (Å²) in [6, 6.07) is 9.34. The number of nitrogens with zero attached hydrogens (tertiary/aromatic N) is 2. The van der Waals surface area contributed by atoms with Gasteiger partial charge >= 0.3 is 6.09 Å². The highest BCUT2D eigenvalue weighted by Crippen LogP contribution is 2.04. The average Bonchev–Trinajstić information content (AvgIpc) is 2.45. The van der Waals surface area contributed by atoms with Crippen LogP contribution in [0.1, 0.15) is 19.4 Å². The Morgan fingerprint density at radius 1 is 1.14 bits per heavy atom. The Morgan fingerprint density at radius 2 is 1.81 bits per heavy atom. The summed E-state index contributed by atoms with van der Waals surface area (Å²) < 4.78 is 5.21. The lowest BCUT2D eigenvalue weighted by Gasteiger charge is -2.20. The molecule has 0 aromatic heterocycles. The number of Topliss-reactive ketones (excluding diaryl/α,β-unsaturated/α-hetero) is 1. The first-order chi connectivity index (χ1) is 10.0. The van der Waals surface area contributed by atoms with Gasteiger partial charge in [0.25, 0.3) is 0 Å². The third-order valence-electron chi connectivity index (χ3n) is 2.54. The van der Waals surface area contributed by atoms with Crippen LogP contribution in [0.4, 0.5) is 4.79 Å². The van der Waals surface area contributed by atoms with E-state index in [1.165, 1.54) is 18.9 Å². The summed E-state index contributed by atoms with van der Waals surface area (Å²) in [6.45, 7) is 3.45. The molecule has 0 aliphatic heterocycles. The van der Waals surface area contributed by atoms with Crippen LogP contribution in [0.3, 0.4) is 0 Å². The summed E-state index contributed by atoms with van der Waals surface area (Å²) in [7, 11) is 1.42. The van der Waals surface area contributed by atoms with Gasteiger partial charge in [-0.2, -0.15) is 0 Å². The van der Waals surface area contributed by atoms with Crippen molar-refractivity contribution in [1.82, 2.24) is 4.90 Å². The monoisotopic (exact) mass is 292 g/mol. The van der Waals surface area contributed by atoms with Crippen molar-refractivity contribution < 1.29 is 19.2 Å². The highest BCUT2D eigenvalue weighted by Gasteiger charge is 2.18. The van der Waals surface area contributed by atoms with E-state index in [1.807, 2.05) is 30.3 Å². The number of rotatable bonds is 7. The van der Waals surface area contributed by atoms with Gasteiger partial charge in [-0.25, -0.2) is 4.79 Å². The Hall–Kier alpha value is -2.37. The lowest BCUT2D eigenvalue weighted by molar-refractivity contribution is -0.117. The molecule has 1 aromatic rings. The minimum absolute atomic E-state index is 0.0236. The quantitative estimate of drug-likeness (QED) is 0.571. The van der Waals surface area contributed by atoms with Crippen LogP contribution in [0.25, 0.3) is 0 Å². The van der Waals surface area contributed by atoms with Crippen LogP contribution in [0.15, 0.2) is 35.5 Å². The minimum atomic E-state index is -0.556. The highest BCUT2D eigenvalue weighted by atomic mass is 16.6. The fraction of sp³-hybridized carbons (Fsp3) is 0.400. The molecule has 0 N–H and O–H groups in total. The number of hydrogen-bond acceptors (Lipinski definition) is 5. The largest absolute Gasteiger partial charge is 0.445 e. The highest BCUT2D eigenvalue weighted by molar-refractivity contribution is 5.89. The number of carbonyl (C=O) groups is 2. The zero-order chi connectivity index (χ0) is 15.7. The van der Waals surface area contributed by atoms with Gasteiger partial charge in [0.15, 0.2) is 0 Å². The number of hydrogen-bond donors (Lipinski definition) is 0. The van der Waals surface area contributed by atoms with Crippen molar-refractivity contribution in [3.8, 4) is 0 Å². The van der Waals surface area contributed by atoms with E-state index in [9.17, 15) is 9.59 Å². The molecule has 0 saturated heterocycles. The molecule has 0 radical (unpaired) electrons. The Morgan fingerprint density at radius 3 is 2.38 bits per heavy atom. The molecule has 6 heteroatoms. The Kier molecular flexibility index (Phi) is 6.94. The van der Waals surface area contributed by atoms with Gasteiger partial charge in [-0.1, -0.05) is 35.5 Å². The van der Waals surface area contributed by atoms with Gasteiger partial charge in [-0.3, -0.25) is 9.69 Å². The molecule has 114 valence electrons. The van der Waals surface area contributed by atoms with E-state index >= 15 is 0 Å². The van der Waals surface area contributed by atoms with Gasteiger partial charge in [-0.05, 0) is 19.4 Å². The zero-order valence-corrected chi connectivity index (χ0v) is 12.5. The van der Waals surface area contributed by atoms with Gasteiger partial charge in [0, 0.05) is 0 Å². The van der Waals surface area contributed by atoms with Crippen molar-refractivity contribution in [3.63, 3.8) is 0 Å². The second kappa shape index (κ2) is 8.73. The molecule has 0 unspecified atom stereocenters. The summed E-state index contributed by atoms with van der Waals surface area (Å²) in [5, 5.41) is 3.73. The van der Waals surface area contributed by atoms with Crippen molar-refractivity contribution in [2.45, 2.75) is 20.5 Å². The van der Waals surface area contributed by atoms with Crippen LogP contribution in [0, 0.1) is 0 Å². The Labute approximate surface area is 124 Å².